The molecule has 0 saturated heterocycles. The van der Waals surface area contributed by atoms with Crippen molar-refractivity contribution in [2.45, 2.75) is 0 Å². The fourth-order valence-electron chi connectivity index (χ4n) is 7.89. The van der Waals surface area contributed by atoms with Crippen molar-refractivity contribution in [1.82, 2.24) is 9.13 Å². The molecule has 0 saturated carbocycles. The number of aromatic nitrogens is 2. The quantitative estimate of drug-likeness (QED) is 0.171. The molecule has 11 rings (SSSR count). The summed E-state index contributed by atoms with van der Waals surface area (Å²) in [5, 5.41) is 19.2. The second-order valence-corrected chi connectivity index (χ2v) is 14.7. The van der Waals surface area contributed by atoms with Crippen molar-refractivity contribution in [3.8, 4) is 17.4 Å². The normalized spacial score (nSPS) is 12.1. The van der Waals surface area contributed by atoms with Crippen molar-refractivity contribution in [1.29, 1.82) is 5.26 Å². The number of furan rings is 1. The Morgan fingerprint density at radius 3 is 1.85 bits per heavy atom. The molecule has 0 radical (unpaired) electrons. The van der Waals surface area contributed by atoms with E-state index < -0.39 is 0 Å². The third-order valence-electron chi connectivity index (χ3n) is 9.93. The van der Waals surface area contributed by atoms with Crippen LogP contribution in [0.1, 0.15) is 5.56 Å². The van der Waals surface area contributed by atoms with Crippen LogP contribution in [0.25, 0.3) is 96.2 Å². The van der Waals surface area contributed by atoms with Crippen LogP contribution in [0, 0.1) is 11.3 Å². The van der Waals surface area contributed by atoms with Gasteiger partial charge in [0.1, 0.15) is 0 Å². The van der Waals surface area contributed by atoms with E-state index in [1.54, 1.807) is 0 Å². The molecule has 0 aliphatic rings. The Balaban J connectivity index is 1.20. The van der Waals surface area contributed by atoms with Crippen LogP contribution >= 0.6 is 0 Å². The number of para-hydroxylation sites is 3. The molecular weight excluding hydrogens is 653 g/mol. The summed E-state index contributed by atoms with van der Waals surface area (Å²) in [6.45, 7) is 0. The van der Waals surface area contributed by atoms with Gasteiger partial charge in [0, 0.05) is 0 Å². The standard InChI is InChI=1S/C43H23N3OSe/c44-24-25-13-17-37-32(21-25)29-8-2-4-10-35(29)45(37)26-14-19-40-33(22-26)34-23-27(15-20-41(34)48-40)46-36-11-5-1-7-28(36)30-16-18-39-42(43(30)46)31-9-3-6-12-38(31)47-39/h1-23H. The van der Waals surface area contributed by atoms with Crippen LogP contribution in [0.5, 0.6) is 0 Å². The molecule has 0 atom stereocenters. The Labute approximate surface area is 279 Å². The van der Waals surface area contributed by atoms with E-state index in [1.807, 2.05) is 18.2 Å². The third kappa shape index (κ3) is 3.43. The number of nitriles is 1. The summed E-state index contributed by atoms with van der Waals surface area (Å²) in [6.07, 6.45) is 0. The van der Waals surface area contributed by atoms with E-state index in [2.05, 4.69) is 137 Å². The summed E-state index contributed by atoms with van der Waals surface area (Å²) in [5.74, 6) is 0. The number of rotatable bonds is 2. The monoisotopic (exact) mass is 677 g/mol. The van der Waals surface area contributed by atoms with Gasteiger partial charge in [0.05, 0.1) is 0 Å². The fraction of sp³-hybridized carbons (Fsp3) is 0. The first-order valence-electron chi connectivity index (χ1n) is 16.0. The molecule has 0 unspecified atom stereocenters. The zero-order valence-corrected chi connectivity index (χ0v) is 27.2. The van der Waals surface area contributed by atoms with Gasteiger partial charge in [0.15, 0.2) is 0 Å². The maximum absolute atomic E-state index is 9.63. The Morgan fingerprint density at radius 1 is 0.479 bits per heavy atom. The summed E-state index contributed by atoms with van der Waals surface area (Å²) in [7, 11) is 0. The summed E-state index contributed by atoms with van der Waals surface area (Å²) >= 11 is 0.221. The predicted molar refractivity (Wildman–Crippen MR) is 199 cm³/mol. The SMILES string of the molecule is N#Cc1ccc2c(c1)c1ccccc1n2-c1ccc2[se]c3ccc(-n4c5ccccc5c5ccc6oc7ccccc7c6c54)cc3c2c1. The van der Waals surface area contributed by atoms with Crippen LogP contribution in [0.15, 0.2) is 144 Å². The second-order valence-electron chi connectivity index (χ2n) is 12.4. The van der Waals surface area contributed by atoms with Gasteiger partial charge in [-0.05, 0) is 0 Å². The molecule has 0 spiro atoms. The van der Waals surface area contributed by atoms with Crippen LogP contribution < -0.4 is 0 Å². The van der Waals surface area contributed by atoms with Gasteiger partial charge < -0.3 is 0 Å². The minimum absolute atomic E-state index is 0.221. The molecule has 0 aliphatic heterocycles. The molecule has 0 N–H and O–H groups in total. The van der Waals surface area contributed by atoms with Gasteiger partial charge in [0.25, 0.3) is 0 Å². The average molecular weight is 677 g/mol. The Bertz CT molecular complexity index is 3200. The van der Waals surface area contributed by atoms with Crippen LogP contribution in [0.2, 0.25) is 0 Å². The molecule has 0 fully saturated rings. The van der Waals surface area contributed by atoms with Crippen molar-refractivity contribution in [3.63, 3.8) is 0 Å². The van der Waals surface area contributed by atoms with E-state index in [1.165, 1.54) is 41.1 Å². The van der Waals surface area contributed by atoms with Crippen LogP contribution in [-0.2, 0) is 0 Å². The average Bonchev–Trinajstić information content (AvgIpc) is 3.88. The maximum atomic E-state index is 9.63. The van der Waals surface area contributed by atoms with Gasteiger partial charge in [-0.2, -0.15) is 0 Å². The Hall–Kier alpha value is -6.05. The van der Waals surface area contributed by atoms with Crippen molar-refractivity contribution in [3.05, 3.63) is 145 Å². The molecule has 11 aromatic rings. The molecule has 48 heavy (non-hydrogen) atoms. The number of hydrogen-bond acceptors (Lipinski definition) is 2. The van der Waals surface area contributed by atoms with Gasteiger partial charge in [-0.25, -0.2) is 0 Å². The number of nitrogens with zero attached hydrogens (tertiary/aromatic N) is 3. The molecule has 4 aromatic heterocycles. The van der Waals surface area contributed by atoms with Gasteiger partial charge in [-0.3, -0.25) is 0 Å². The molecule has 4 nitrogen and oxygen atoms in total. The Morgan fingerprint density at radius 2 is 1.10 bits per heavy atom. The van der Waals surface area contributed by atoms with Gasteiger partial charge in [-0.15, -0.1) is 0 Å². The van der Waals surface area contributed by atoms with Crippen molar-refractivity contribution in [2.24, 2.45) is 0 Å². The summed E-state index contributed by atoms with van der Waals surface area (Å²) in [5.41, 5.74) is 9.37. The molecule has 7 aromatic carbocycles. The van der Waals surface area contributed by atoms with E-state index in [0.717, 1.165) is 55.1 Å². The van der Waals surface area contributed by atoms with Crippen molar-refractivity contribution >= 4 is 99.3 Å². The predicted octanol–water partition coefficient (Wildman–Crippen LogP) is 11.0. The third-order valence-corrected chi connectivity index (χ3v) is 12.3. The van der Waals surface area contributed by atoms with Crippen LogP contribution in [0.4, 0.5) is 0 Å². The first-order chi connectivity index (χ1) is 23.7. The molecule has 5 heteroatoms. The molecule has 0 bridgehead atoms. The van der Waals surface area contributed by atoms with Crippen molar-refractivity contribution in [2.75, 3.05) is 0 Å². The van der Waals surface area contributed by atoms with E-state index in [-0.39, 0.29) is 14.5 Å². The summed E-state index contributed by atoms with van der Waals surface area (Å²) < 4.78 is 13.9. The van der Waals surface area contributed by atoms with E-state index in [9.17, 15) is 5.26 Å². The number of benzene rings is 7. The number of fused-ring (bicyclic) bond motifs is 13. The van der Waals surface area contributed by atoms with Crippen LogP contribution in [0.3, 0.4) is 0 Å². The van der Waals surface area contributed by atoms with Gasteiger partial charge in [0.2, 0.25) is 0 Å². The summed E-state index contributed by atoms with van der Waals surface area (Å²) in [4.78, 5) is 0. The molecular formula is C43H23N3OSe. The van der Waals surface area contributed by atoms with E-state index in [4.69, 9.17) is 4.42 Å². The zero-order chi connectivity index (χ0) is 31.5. The van der Waals surface area contributed by atoms with Crippen molar-refractivity contribution < 1.29 is 4.42 Å². The molecule has 0 aliphatic carbocycles. The van der Waals surface area contributed by atoms with Gasteiger partial charge in [-0.1, -0.05) is 0 Å². The fourth-order valence-corrected chi connectivity index (χ4v) is 10.1. The Kier molecular flexibility index (Phi) is 5.16. The summed E-state index contributed by atoms with van der Waals surface area (Å²) in [6, 6.07) is 52.2. The first kappa shape index (κ1) is 26.1. The topological polar surface area (TPSA) is 46.8 Å². The van der Waals surface area contributed by atoms with Crippen LogP contribution in [-0.4, -0.2) is 23.6 Å². The second kappa shape index (κ2) is 9.50. The number of hydrogen-bond donors (Lipinski definition) is 0. The minimum atomic E-state index is 0.221. The molecule has 222 valence electrons. The zero-order valence-electron chi connectivity index (χ0n) is 25.4. The molecule has 4 heterocycles. The molecule has 0 amide bonds. The van der Waals surface area contributed by atoms with E-state index in [0.29, 0.717) is 5.56 Å². The van der Waals surface area contributed by atoms with E-state index >= 15 is 0 Å². The van der Waals surface area contributed by atoms with Gasteiger partial charge >= 0.3 is 281 Å². The first-order valence-corrected chi connectivity index (χ1v) is 17.7.